The van der Waals surface area contributed by atoms with E-state index in [4.69, 9.17) is 9.47 Å². The van der Waals surface area contributed by atoms with Crippen molar-refractivity contribution in [1.29, 1.82) is 0 Å². The molecule has 0 spiro atoms. The molecule has 134 valence electrons. The predicted octanol–water partition coefficient (Wildman–Crippen LogP) is 2.35. The minimum absolute atomic E-state index is 0.226. The quantitative estimate of drug-likeness (QED) is 0.850. The molecule has 0 aromatic heterocycles. The number of anilines is 2. The molecule has 0 atom stereocenters. The Bertz CT molecular complexity index is 858. The molecule has 2 aromatic carbocycles. The first-order valence-electron chi connectivity index (χ1n) is 7.35. The number of carbonyl (C=O) groups excluding carboxylic acids is 1. The molecule has 1 N–H and O–H groups in total. The fraction of sp³-hybridized carbons (Fsp3) is 0.235. The summed E-state index contributed by atoms with van der Waals surface area (Å²) in [4.78, 5) is 12.8. The number of rotatable bonds is 6. The molecule has 7 nitrogen and oxygen atoms in total. The number of carbonyl (C=O) groups is 1. The summed E-state index contributed by atoms with van der Waals surface area (Å²) in [5.74, 6) is 0.236. The number of nitrogens with zero attached hydrogens (tertiary/aromatic N) is 1. The highest BCUT2D eigenvalue weighted by Gasteiger charge is 2.21. The van der Waals surface area contributed by atoms with E-state index in [9.17, 15) is 13.2 Å². The first-order valence-corrected chi connectivity index (χ1v) is 9.19. The first-order chi connectivity index (χ1) is 11.8. The molecule has 0 unspecified atom stereocenters. The van der Waals surface area contributed by atoms with Gasteiger partial charge in [0, 0.05) is 7.05 Å². The van der Waals surface area contributed by atoms with Crippen molar-refractivity contribution in [2.24, 2.45) is 0 Å². The fourth-order valence-electron chi connectivity index (χ4n) is 2.29. The van der Waals surface area contributed by atoms with Crippen molar-refractivity contribution in [3.63, 3.8) is 0 Å². The lowest BCUT2D eigenvalue weighted by Gasteiger charge is -2.21. The maximum absolute atomic E-state index is 12.8. The molecule has 0 heterocycles. The minimum atomic E-state index is -3.47. The summed E-state index contributed by atoms with van der Waals surface area (Å²) in [6.45, 7) is 0. The zero-order chi connectivity index (χ0) is 18.6. The van der Waals surface area contributed by atoms with Crippen molar-refractivity contribution >= 4 is 27.3 Å². The number of ether oxygens (including phenoxy) is 2. The van der Waals surface area contributed by atoms with Gasteiger partial charge in [-0.1, -0.05) is 18.2 Å². The number of sulfonamides is 1. The van der Waals surface area contributed by atoms with Gasteiger partial charge in [-0.15, -0.1) is 0 Å². The smallest absolute Gasteiger partial charge is 0.263 e. The third-order valence-electron chi connectivity index (χ3n) is 3.64. The van der Waals surface area contributed by atoms with Crippen molar-refractivity contribution in [2.75, 3.05) is 37.1 Å². The molecule has 0 aliphatic heterocycles. The number of para-hydroxylation sites is 2. The third-order valence-corrected chi connectivity index (χ3v) is 4.84. The molecule has 8 heteroatoms. The van der Waals surface area contributed by atoms with Crippen LogP contribution in [0.25, 0.3) is 0 Å². The number of hydrogen-bond donors (Lipinski definition) is 1. The average Bonchev–Trinajstić information content (AvgIpc) is 2.59. The summed E-state index contributed by atoms with van der Waals surface area (Å²) in [5, 5.41) is 2.72. The van der Waals surface area contributed by atoms with Gasteiger partial charge in [0.15, 0.2) is 0 Å². The highest BCUT2D eigenvalue weighted by Crippen LogP contribution is 2.31. The molecule has 25 heavy (non-hydrogen) atoms. The average molecular weight is 364 g/mol. The van der Waals surface area contributed by atoms with Crippen LogP contribution in [0.1, 0.15) is 10.4 Å². The van der Waals surface area contributed by atoms with Crippen LogP contribution in [0.5, 0.6) is 11.5 Å². The zero-order valence-electron chi connectivity index (χ0n) is 14.4. The van der Waals surface area contributed by atoms with E-state index >= 15 is 0 Å². The van der Waals surface area contributed by atoms with Crippen molar-refractivity contribution < 1.29 is 22.7 Å². The number of methoxy groups -OCH3 is 2. The Morgan fingerprint density at radius 2 is 1.56 bits per heavy atom. The highest BCUT2D eigenvalue weighted by molar-refractivity contribution is 7.92. The van der Waals surface area contributed by atoms with E-state index in [2.05, 4.69) is 5.32 Å². The summed E-state index contributed by atoms with van der Waals surface area (Å²) in [5.41, 5.74) is 0.935. The second-order valence-electron chi connectivity index (χ2n) is 5.24. The van der Waals surface area contributed by atoms with E-state index in [1.807, 2.05) is 0 Å². The van der Waals surface area contributed by atoms with Crippen LogP contribution >= 0.6 is 0 Å². The van der Waals surface area contributed by atoms with Crippen molar-refractivity contribution in [3.05, 3.63) is 48.0 Å². The third kappa shape index (κ3) is 4.03. The molecule has 0 saturated heterocycles. The maximum atomic E-state index is 12.8. The Labute approximate surface area is 147 Å². The zero-order valence-corrected chi connectivity index (χ0v) is 15.3. The van der Waals surface area contributed by atoms with E-state index in [0.29, 0.717) is 22.9 Å². The number of nitrogens with one attached hydrogen (secondary N) is 1. The molecule has 0 radical (unpaired) electrons. The van der Waals surface area contributed by atoms with E-state index in [0.717, 1.165) is 10.6 Å². The molecule has 2 rings (SSSR count). The molecular formula is C17H20N2O5S. The SMILES string of the molecule is COc1cccc(OC)c1C(=O)Nc1ccccc1N(C)S(C)(=O)=O. The van der Waals surface area contributed by atoms with Gasteiger partial charge in [-0.25, -0.2) is 8.42 Å². The standard InChI is InChI=1S/C17H20N2O5S/c1-19(25(4,21)22)13-9-6-5-8-12(13)18-17(20)16-14(23-2)10-7-11-15(16)24-3/h5-11H,1-4H3,(H,18,20). The van der Waals surface area contributed by atoms with E-state index < -0.39 is 15.9 Å². The summed E-state index contributed by atoms with van der Waals surface area (Å²) < 4.78 is 35.2. The van der Waals surface area contributed by atoms with Gasteiger partial charge in [0.25, 0.3) is 5.91 Å². The second-order valence-corrected chi connectivity index (χ2v) is 7.25. The summed E-state index contributed by atoms with van der Waals surface area (Å²) in [6, 6.07) is 11.6. The van der Waals surface area contributed by atoms with Crippen LogP contribution in [0.15, 0.2) is 42.5 Å². The Morgan fingerprint density at radius 1 is 1.00 bits per heavy atom. The Morgan fingerprint density at radius 3 is 2.08 bits per heavy atom. The van der Waals surface area contributed by atoms with Gasteiger partial charge in [-0.2, -0.15) is 0 Å². The van der Waals surface area contributed by atoms with E-state index in [1.54, 1.807) is 42.5 Å². The Hall–Kier alpha value is -2.74. The molecule has 0 bridgehead atoms. The second kappa shape index (κ2) is 7.43. The lowest BCUT2D eigenvalue weighted by atomic mass is 10.1. The normalized spacial score (nSPS) is 10.9. The van der Waals surface area contributed by atoms with Crippen LogP contribution in [0.3, 0.4) is 0 Å². The molecule has 0 fully saturated rings. The van der Waals surface area contributed by atoms with Crippen molar-refractivity contribution in [1.82, 2.24) is 0 Å². The molecule has 0 saturated carbocycles. The molecule has 1 amide bonds. The van der Waals surface area contributed by atoms with Crippen LogP contribution in [0.2, 0.25) is 0 Å². The highest BCUT2D eigenvalue weighted by atomic mass is 32.2. The number of hydrogen-bond acceptors (Lipinski definition) is 5. The lowest BCUT2D eigenvalue weighted by Crippen LogP contribution is -2.26. The monoisotopic (exact) mass is 364 g/mol. The van der Waals surface area contributed by atoms with Crippen molar-refractivity contribution in [2.45, 2.75) is 0 Å². The fourth-order valence-corrected chi connectivity index (χ4v) is 2.81. The van der Waals surface area contributed by atoms with E-state index in [1.165, 1.54) is 21.3 Å². The number of benzene rings is 2. The lowest BCUT2D eigenvalue weighted by molar-refractivity contribution is 0.102. The van der Waals surface area contributed by atoms with Crippen LogP contribution < -0.4 is 19.1 Å². The van der Waals surface area contributed by atoms with Crippen molar-refractivity contribution in [3.8, 4) is 11.5 Å². The molecule has 2 aromatic rings. The van der Waals surface area contributed by atoms with Gasteiger partial charge in [-0.3, -0.25) is 9.10 Å². The predicted molar refractivity (Wildman–Crippen MR) is 97.2 cm³/mol. The van der Waals surface area contributed by atoms with Gasteiger partial charge in [-0.05, 0) is 24.3 Å². The number of amides is 1. The van der Waals surface area contributed by atoms with Crippen LogP contribution in [-0.2, 0) is 10.0 Å². The van der Waals surface area contributed by atoms with Gasteiger partial charge in [0.05, 0.1) is 31.9 Å². The summed E-state index contributed by atoms with van der Waals surface area (Å²) in [7, 11) is 0.859. The largest absolute Gasteiger partial charge is 0.496 e. The summed E-state index contributed by atoms with van der Waals surface area (Å²) >= 11 is 0. The Balaban J connectivity index is 2.44. The van der Waals surface area contributed by atoms with Gasteiger partial charge in [0.2, 0.25) is 10.0 Å². The molecule has 0 aliphatic carbocycles. The van der Waals surface area contributed by atoms with Crippen LogP contribution in [-0.4, -0.2) is 41.8 Å². The minimum Gasteiger partial charge on any atom is -0.496 e. The molecular weight excluding hydrogens is 344 g/mol. The van der Waals surface area contributed by atoms with Gasteiger partial charge in [0.1, 0.15) is 17.1 Å². The van der Waals surface area contributed by atoms with Crippen LogP contribution in [0.4, 0.5) is 11.4 Å². The molecule has 0 aliphatic rings. The summed E-state index contributed by atoms with van der Waals surface area (Å²) in [6.07, 6.45) is 1.09. The topological polar surface area (TPSA) is 84.9 Å². The van der Waals surface area contributed by atoms with E-state index in [-0.39, 0.29) is 5.56 Å². The Kier molecular flexibility index (Phi) is 5.53. The van der Waals surface area contributed by atoms with Gasteiger partial charge >= 0.3 is 0 Å². The first kappa shape index (κ1) is 18.6. The maximum Gasteiger partial charge on any atom is 0.263 e. The van der Waals surface area contributed by atoms with Crippen LogP contribution in [0, 0.1) is 0 Å². The van der Waals surface area contributed by atoms with Gasteiger partial charge < -0.3 is 14.8 Å².